The van der Waals surface area contributed by atoms with Gasteiger partial charge in [0.1, 0.15) is 5.82 Å². The molecule has 4 rings (SSSR count). The molecular weight excluding hydrogens is 352 g/mol. The molecule has 148 valence electrons. The number of amides is 1. The van der Waals surface area contributed by atoms with Crippen LogP contribution in [0.3, 0.4) is 0 Å². The van der Waals surface area contributed by atoms with Gasteiger partial charge in [-0.05, 0) is 45.0 Å². The van der Waals surface area contributed by atoms with Gasteiger partial charge in [0.2, 0.25) is 5.91 Å². The minimum absolute atomic E-state index is 0.105. The van der Waals surface area contributed by atoms with Crippen LogP contribution in [0, 0.1) is 5.92 Å². The molecule has 0 N–H and O–H groups in total. The lowest BCUT2D eigenvalue weighted by molar-refractivity contribution is -0.138. The molecule has 0 aliphatic carbocycles. The minimum atomic E-state index is 0.105. The molecule has 28 heavy (non-hydrogen) atoms. The Labute approximate surface area is 166 Å². The zero-order valence-electron chi connectivity index (χ0n) is 16.9. The van der Waals surface area contributed by atoms with Crippen LogP contribution in [-0.2, 0) is 17.8 Å². The van der Waals surface area contributed by atoms with E-state index in [0.717, 1.165) is 61.5 Å². The summed E-state index contributed by atoms with van der Waals surface area (Å²) in [6.07, 6.45) is 6.40. The largest absolute Gasteiger partial charge is 0.362 e. The molecule has 1 unspecified atom stereocenters. The molecular formula is C21H28N6O. The predicted molar refractivity (Wildman–Crippen MR) is 109 cm³/mol. The minimum Gasteiger partial charge on any atom is -0.362 e. The van der Waals surface area contributed by atoms with E-state index >= 15 is 0 Å². The molecule has 0 saturated carbocycles. The lowest BCUT2D eigenvalue weighted by Gasteiger charge is -2.35. The van der Waals surface area contributed by atoms with Gasteiger partial charge in [-0.15, -0.1) is 0 Å². The van der Waals surface area contributed by atoms with Gasteiger partial charge < -0.3 is 14.7 Å². The van der Waals surface area contributed by atoms with E-state index in [9.17, 15) is 4.79 Å². The Hall–Kier alpha value is -2.54. The zero-order valence-corrected chi connectivity index (χ0v) is 16.9. The van der Waals surface area contributed by atoms with Gasteiger partial charge in [-0.3, -0.25) is 9.78 Å². The first-order valence-electron chi connectivity index (χ1n) is 9.98. The maximum Gasteiger partial charge on any atom is 0.227 e. The summed E-state index contributed by atoms with van der Waals surface area (Å²) in [5.74, 6) is 1.98. The highest BCUT2D eigenvalue weighted by Gasteiger charge is 2.32. The molecule has 7 heteroatoms. The summed E-state index contributed by atoms with van der Waals surface area (Å²) >= 11 is 0. The van der Waals surface area contributed by atoms with Gasteiger partial charge in [0, 0.05) is 50.7 Å². The first-order chi connectivity index (χ1) is 13.5. The second-order valence-electron chi connectivity index (χ2n) is 8.04. The summed E-state index contributed by atoms with van der Waals surface area (Å²) in [5.41, 5.74) is 3.01. The number of carbonyl (C=O) groups is 1. The van der Waals surface area contributed by atoms with E-state index in [0.29, 0.717) is 12.4 Å². The summed E-state index contributed by atoms with van der Waals surface area (Å²) in [5, 5.41) is 0. The highest BCUT2D eigenvalue weighted by atomic mass is 16.2. The highest BCUT2D eigenvalue weighted by Crippen LogP contribution is 2.29. The smallest absolute Gasteiger partial charge is 0.227 e. The third kappa shape index (κ3) is 3.71. The zero-order chi connectivity index (χ0) is 19.7. The number of piperidine rings is 1. The molecule has 2 aliphatic rings. The molecule has 1 saturated heterocycles. The summed E-state index contributed by atoms with van der Waals surface area (Å²) in [6.45, 7) is 3.24. The van der Waals surface area contributed by atoms with E-state index < -0.39 is 0 Å². The van der Waals surface area contributed by atoms with E-state index in [1.54, 1.807) is 12.4 Å². The number of likely N-dealkylation sites (tertiary alicyclic amines) is 1. The van der Waals surface area contributed by atoms with Crippen LogP contribution in [0.2, 0.25) is 0 Å². The molecule has 2 aliphatic heterocycles. The van der Waals surface area contributed by atoms with E-state index in [4.69, 9.17) is 9.97 Å². The third-order valence-electron chi connectivity index (χ3n) is 5.67. The van der Waals surface area contributed by atoms with Crippen molar-refractivity contribution in [2.24, 2.45) is 5.92 Å². The van der Waals surface area contributed by atoms with Crippen LogP contribution in [0.25, 0.3) is 11.4 Å². The fraction of sp³-hybridized carbons (Fsp3) is 0.524. The van der Waals surface area contributed by atoms with Crippen molar-refractivity contribution in [2.75, 3.05) is 45.7 Å². The number of nitrogens with zero attached hydrogens (tertiary/aromatic N) is 6. The molecule has 2 aromatic rings. The van der Waals surface area contributed by atoms with Gasteiger partial charge in [-0.2, -0.15) is 0 Å². The van der Waals surface area contributed by atoms with Gasteiger partial charge in [0.15, 0.2) is 5.82 Å². The third-order valence-corrected chi connectivity index (χ3v) is 5.67. The van der Waals surface area contributed by atoms with Crippen molar-refractivity contribution in [1.82, 2.24) is 24.8 Å². The standard InChI is InChI=1S/C21H28N6O/c1-25(2)20-17-8-11-27(21(28)16-7-5-10-26(3)13-16)14-18(17)23-19(24-20)15-6-4-9-22-12-15/h4,6,9,12,16H,5,7-8,10-11,13-14H2,1-3H3. The van der Waals surface area contributed by atoms with Crippen LogP contribution in [0.1, 0.15) is 24.1 Å². The van der Waals surface area contributed by atoms with Gasteiger partial charge in [0.05, 0.1) is 18.2 Å². The normalized spacial score (nSPS) is 20.0. The van der Waals surface area contributed by atoms with Crippen LogP contribution in [0.15, 0.2) is 24.5 Å². The van der Waals surface area contributed by atoms with Gasteiger partial charge in [-0.25, -0.2) is 9.97 Å². The number of rotatable bonds is 3. The van der Waals surface area contributed by atoms with Crippen molar-refractivity contribution in [1.29, 1.82) is 0 Å². The Morgan fingerprint density at radius 1 is 1.25 bits per heavy atom. The maximum absolute atomic E-state index is 13.1. The average Bonchev–Trinajstić information content (AvgIpc) is 2.72. The molecule has 0 aromatic carbocycles. The van der Waals surface area contributed by atoms with Crippen LogP contribution in [-0.4, -0.2) is 71.4 Å². The first-order valence-corrected chi connectivity index (χ1v) is 9.98. The summed E-state index contributed by atoms with van der Waals surface area (Å²) < 4.78 is 0. The Bertz CT molecular complexity index is 853. The number of hydrogen-bond donors (Lipinski definition) is 0. The highest BCUT2D eigenvalue weighted by molar-refractivity contribution is 5.79. The lowest BCUT2D eigenvalue weighted by atomic mass is 9.95. The molecule has 0 bridgehead atoms. The molecule has 2 aromatic heterocycles. The molecule has 0 radical (unpaired) electrons. The average molecular weight is 380 g/mol. The topological polar surface area (TPSA) is 65.5 Å². The Balaban J connectivity index is 1.63. The quantitative estimate of drug-likeness (QED) is 0.809. The molecule has 7 nitrogen and oxygen atoms in total. The molecule has 1 fully saturated rings. The number of fused-ring (bicyclic) bond motifs is 1. The second-order valence-corrected chi connectivity index (χ2v) is 8.04. The number of carbonyl (C=O) groups excluding carboxylic acids is 1. The summed E-state index contributed by atoms with van der Waals surface area (Å²) in [4.78, 5) is 33.2. The van der Waals surface area contributed by atoms with E-state index in [1.165, 1.54) is 0 Å². The van der Waals surface area contributed by atoms with Crippen molar-refractivity contribution in [3.63, 3.8) is 0 Å². The van der Waals surface area contributed by atoms with Gasteiger partial charge >= 0.3 is 0 Å². The van der Waals surface area contributed by atoms with E-state index in [2.05, 4.69) is 16.9 Å². The monoisotopic (exact) mass is 380 g/mol. The first kappa shape index (κ1) is 18.8. The van der Waals surface area contributed by atoms with Crippen molar-refractivity contribution in [2.45, 2.75) is 25.8 Å². The van der Waals surface area contributed by atoms with Crippen LogP contribution in [0.4, 0.5) is 5.82 Å². The van der Waals surface area contributed by atoms with Gasteiger partial charge in [0.25, 0.3) is 0 Å². The summed E-state index contributed by atoms with van der Waals surface area (Å²) in [6, 6.07) is 3.86. The SMILES string of the molecule is CN1CCCC(C(=O)N2CCc3c(nc(-c4cccnc4)nc3N(C)C)C2)C1. The molecule has 1 atom stereocenters. The number of anilines is 1. The van der Waals surface area contributed by atoms with Crippen LogP contribution >= 0.6 is 0 Å². The number of pyridine rings is 1. The van der Waals surface area contributed by atoms with Crippen molar-refractivity contribution in [3.05, 3.63) is 35.8 Å². The van der Waals surface area contributed by atoms with Crippen LogP contribution in [0.5, 0.6) is 0 Å². The van der Waals surface area contributed by atoms with Crippen LogP contribution < -0.4 is 4.90 Å². The fourth-order valence-electron chi connectivity index (χ4n) is 4.22. The number of aromatic nitrogens is 3. The number of hydrogen-bond acceptors (Lipinski definition) is 6. The fourth-order valence-corrected chi connectivity index (χ4v) is 4.22. The molecule has 0 spiro atoms. The molecule has 1 amide bonds. The second kappa shape index (κ2) is 7.83. The Kier molecular flexibility index (Phi) is 5.26. The predicted octanol–water partition coefficient (Wildman–Crippen LogP) is 1.83. The molecule has 4 heterocycles. The van der Waals surface area contributed by atoms with E-state index in [-0.39, 0.29) is 11.8 Å². The Morgan fingerprint density at radius 2 is 2.11 bits per heavy atom. The van der Waals surface area contributed by atoms with Crippen molar-refractivity contribution >= 4 is 11.7 Å². The maximum atomic E-state index is 13.1. The Morgan fingerprint density at radius 3 is 2.82 bits per heavy atom. The summed E-state index contributed by atoms with van der Waals surface area (Å²) in [7, 11) is 6.11. The lowest BCUT2D eigenvalue weighted by Crippen LogP contribution is -2.45. The van der Waals surface area contributed by atoms with Crippen molar-refractivity contribution in [3.8, 4) is 11.4 Å². The van der Waals surface area contributed by atoms with Crippen molar-refractivity contribution < 1.29 is 4.79 Å². The van der Waals surface area contributed by atoms with Gasteiger partial charge in [-0.1, -0.05) is 0 Å². The van der Waals surface area contributed by atoms with E-state index in [1.807, 2.05) is 36.0 Å².